The molecule has 0 radical (unpaired) electrons. The summed E-state index contributed by atoms with van der Waals surface area (Å²) in [7, 11) is 1.93. The Kier molecular flexibility index (Phi) is 5.44. The van der Waals surface area contributed by atoms with Crippen molar-refractivity contribution in [2.24, 2.45) is 5.41 Å². The molecule has 0 aromatic heterocycles. The highest BCUT2D eigenvalue weighted by Gasteiger charge is 2.28. The lowest BCUT2D eigenvalue weighted by atomic mass is 9.88. The first-order valence-electron chi connectivity index (χ1n) is 6.96. The van der Waals surface area contributed by atoms with Crippen LogP contribution in [-0.2, 0) is 4.79 Å². The average molecular weight is 240 g/mol. The summed E-state index contributed by atoms with van der Waals surface area (Å²) in [6, 6.07) is 0.615. The quantitative estimate of drug-likeness (QED) is 0.800. The molecule has 1 amide bonds. The minimum absolute atomic E-state index is 0.214. The standard InChI is InChI=1S/C14H28N2O/c1-5-14(2,3)13(17)16(4)11-9-12-8-6-7-10-15-12/h12,15H,5-11H2,1-4H3. The molecule has 1 heterocycles. The highest BCUT2D eigenvalue weighted by molar-refractivity contribution is 5.81. The van der Waals surface area contributed by atoms with Crippen LogP contribution in [0.4, 0.5) is 0 Å². The fraction of sp³-hybridized carbons (Fsp3) is 0.929. The van der Waals surface area contributed by atoms with Crippen LogP contribution in [0.2, 0.25) is 0 Å². The van der Waals surface area contributed by atoms with Gasteiger partial charge in [-0.3, -0.25) is 4.79 Å². The van der Waals surface area contributed by atoms with Gasteiger partial charge in [-0.05, 0) is 32.2 Å². The third-order valence-corrected chi connectivity index (χ3v) is 4.03. The molecule has 0 aromatic rings. The second-order valence-electron chi connectivity index (χ2n) is 5.90. The second-order valence-corrected chi connectivity index (χ2v) is 5.90. The van der Waals surface area contributed by atoms with Crippen LogP contribution in [-0.4, -0.2) is 37.0 Å². The molecule has 1 rings (SSSR count). The Balaban J connectivity index is 2.33. The predicted molar refractivity (Wildman–Crippen MR) is 72.0 cm³/mol. The molecule has 1 atom stereocenters. The van der Waals surface area contributed by atoms with Gasteiger partial charge in [0.1, 0.15) is 0 Å². The maximum Gasteiger partial charge on any atom is 0.227 e. The summed E-state index contributed by atoms with van der Waals surface area (Å²) in [5, 5.41) is 3.53. The molecule has 0 bridgehead atoms. The zero-order valence-corrected chi connectivity index (χ0v) is 11.9. The fourth-order valence-corrected chi connectivity index (χ4v) is 2.29. The van der Waals surface area contributed by atoms with E-state index in [0.29, 0.717) is 6.04 Å². The van der Waals surface area contributed by atoms with Gasteiger partial charge in [0.25, 0.3) is 0 Å². The van der Waals surface area contributed by atoms with Gasteiger partial charge in [0.05, 0.1) is 0 Å². The largest absolute Gasteiger partial charge is 0.345 e. The molecule has 0 aliphatic carbocycles. The molecular formula is C14H28N2O. The van der Waals surface area contributed by atoms with Crippen molar-refractivity contribution < 1.29 is 4.79 Å². The molecule has 3 nitrogen and oxygen atoms in total. The van der Waals surface area contributed by atoms with Crippen molar-refractivity contribution in [3.05, 3.63) is 0 Å². The van der Waals surface area contributed by atoms with Crippen molar-refractivity contribution in [1.29, 1.82) is 0 Å². The predicted octanol–water partition coefficient (Wildman–Crippen LogP) is 2.41. The normalized spacial score (nSPS) is 21.3. The minimum Gasteiger partial charge on any atom is -0.345 e. The first-order chi connectivity index (χ1) is 7.97. The topological polar surface area (TPSA) is 32.3 Å². The number of carbonyl (C=O) groups excluding carboxylic acids is 1. The van der Waals surface area contributed by atoms with E-state index in [1.165, 1.54) is 19.3 Å². The summed E-state index contributed by atoms with van der Waals surface area (Å²) in [6.45, 7) is 8.16. The molecule has 0 saturated carbocycles. The smallest absolute Gasteiger partial charge is 0.227 e. The summed E-state index contributed by atoms with van der Waals surface area (Å²) in [4.78, 5) is 14.1. The average Bonchev–Trinajstić information content (AvgIpc) is 2.36. The van der Waals surface area contributed by atoms with Crippen molar-refractivity contribution >= 4 is 5.91 Å². The first kappa shape index (κ1) is 14.5. The lowest BCUT2D eigenvalue weighted by Gasteiger charge is -2.30. The van der Waals surface area contributed by atoms with Crippen LogP contribution in [0.3, 0.4) is 0 Å². The van der Waals surface area contributed by atoms with Crippen LogP contribution in [0.15, 0.2) is 0 Å². The molecule has 1 fully saturated rings. The van der Waals surface area contributed by atoms with Gasteiger partial charge in [-0.2, -0.15) is 0 Å². The highest BCUT2D eigenvalue weighted by atomic mass is 16.2. The Morgan fingerprint density at radius 1 is 1.41 bits per heavy atom. The van der Waals surface area contributed by atoms with Crippen LogP contribution >= 0.6 is 0 Å². The molecule has 17 heavy (non-hydrogen) atoms. The maximum atomic E-state index is 12.2. The van der Waals surface area contributed by atoms with Gasteiger partial charge in [0.2, 0.25) is 5.91 Å². The van der Waals surface area contributed by atoms with E-state index in [1.807, 2.05) is 25.8 Å². The zero-order chi connectivity index (χ0) is 12.9. The van der Waals surface area contributed by atoms with Gasteiger partial charge in [0.15, 0.2) is 0 Å². The molecule has 0 aromatic carbocycles. The van der Waals surface area contributed by atoms with Gasteiger partial charge in [0, 0.05) is 25.0 Å². The SMILES string of the molecule is CCC(C)(C)C(=O)N(C)CCC1CCCCN1. The molecule has 100 valence electrons. The third-order valence-electron chi connectivity index (χ3n) is 4.03. The van der Waals surface area contributed by atoms with E-state index in [0.717, 1.165) is 25.9 Å². The fourth-order valence-electron chi connectivity index (χ4n) is 2.29. The lowest BCUT2D eigenvalue weighted by molar-refractivity contribution is -0.139. The van der Waals surface area contributed by atoms with Crippen LogP contribution < -0.4 is 5.32 Å². The maximum absolute atomic E-state index is 12.2. The van der Waals surface area contributed by atoms with Gasteiger partial charge in [-0.1, -0.05) is 27.2 Å². The van der Waals surface area contributed by atoms with E-state index >= 15 is 0 Å². The van der Waals surface area contributed by atoms with E-state index < -0.39 is 0 Å². The number of piperidine rings is 1. The van der Waals surface area contributed by atoms with Gasteiger partial charge in [-0.15, -0.1) is 0 Å². The number of hydrogen-bond acceptors (Lipinski definition) is 2. The Bertz CT molecular complexity index is 245. The first-order valence-corrected chi connectivity index (χ1v) is 6.96. The van der Waals surface area contributed by atoms with Crippen LogP contribution in [0.1, 0.15) is 52.9 Å². The van der Waals surface area contributed by atoms with Crippen LogP contribution in [0, 0.1) is 5.41 Å². The molecule has 3 heteroatoms. The Morgan fingerprint density at radius 2 is 2.12 bits per heavy atom. The number of hydrogen-bond donors (Lipinski definition) is 1. The third kappa shape index (κ3) is 4.30. The lowest BCUT2D eigenvalue weighted by Crippen LogP contribution is -2.42. The van der Waals surface area contributed by atoms with E-state index in [9.17, 15) is 4.79 Å². The van der Waals surface area contributed by atoms with Crippen LogP contribution in [0.25, 0.3) is 0 Å². The van der Waals surface area contributed by atoms with E-state index in [2.05, 4.69) is 12.2 Å². The van der Waals surface area contributed by atoms with Crippen molar-refractivity contribution in [1.82, 2.24) is 10.2 Å². The summed E-state index contributed by atoms with van der Waals surface area (Å²) in [5.41, 5.74) is -0.214. The molecule has 0 spiro atoms. The van der Waals surface area contributed by atoms with Crippen LogP contribution in [0.5, 0.6) is 0 Å². The summed E-state index contributed by atoms with van der Waals surface area (Å²) >= 11 is 0. The number of carbonyl (C=O) groups is 1. The van der Waals surface area contributed by atoms with Crippen molar-refractivity contribution in [3.63, 3.8) is 0 Å². The summed E-state index contributed by atoms with van der Waals surface area (Å²) in [5.74, 6) is 0.274. The number of nitrogens with zero attached hydrogens (tertiary/aromatic N) is 1. The summed E-state index contributed by atoms with van der Waals surface area (Å²) in [6.07, 6.45) is 5.88. The van der Waals surface area contributed by atoms with E-state index in [1.54, 1.807) is 0 Å². The molecule has 1 saturated heterocycles. The molecule has 1 N–H and O–H groups in total. The monoisotopic (exact) mass is 240 g/mol. The Labute approximate surface area is 106 Å². The van der Waals surface area contributed by atoms with E-state index in [4.69, 9.17) is 0 Å². The van der Waals surface area contributed by atoms with E-state index in [-0.39, 0.29) is 11.3 Å². The molecule has 1 unspecified atom stereocenters. The molecule has 1 aliphatic heterocycles. The number of amides is 1. The summed E-state index contributed by atoms with van der Waals surface area (Å²) < 4.78 is 0. The Morgan fingerprint density at radius 3 is 2.65 bits per heavy atom. The molecule has 1 aliphatic rings. The minimum atomic E-state index is -0.214. The zero-order valence-electron chi connectivity index (χ0n) is 11.9. The highest BCUT2D eigenvalue weighted by Crippen LogP contribution is 2.22. The van der Waals surface area contributed by atoms with Gasteiger partial charge in [-0.25, -0.2) is 0 Å². The van der Waals surface area contributed by atoms with Crippen molar-refractivity contribution in [3.8, 4) is 0 Å². The van der Waals surface area contributed by atoms with Gasteiger partial charge >= 0.3 is 0 Å². The molecular weight excluding hydrogens is 212 g/mol. The van der Waals surface area contributed by atoms with Crippen molar-refractivity contribution in [2.75, 3.05) is 20.1 Å². The van der Waals surface area contributed by atoms with Crippen molar-refractivity contribution in [2.45, 2.75) is 58.9 Å². The second kappa shape index (κ2) is 6.39. The van der Waals surface area contributed by atoms with Gasteiger partial charge < -0.3 is 10.2 Å². The number of rotatable bonds is 5. The Hall–Kier alpha value is -0.570. The number of nitrogens with one attached hydrogen (secondary N) is 1.